The number of hydrogen-bond acceptors (Lipinski definition) is 5. The first-order valence-electron chi connectivity index (χ1n) is 13.3. The molecular weight excluding hydrogens is 448 g/mol. The summed E-state index contributed by atoms with van der Waals surface area (Å²) in [7, 11) is 9.94. The predicted molar refractivity (Wildman–Crippen MR) is 152 cm³/mol. The van der Waals surface area contributed by atoms with Crippen LogP contribution in [0.25, 0.3) is 22.2 Å². The van der Waals surface area contributed by atoms with Gasteiger partial charge in [-0.25, -0.2) is 0 Å². The molecule has 1 fully saturated rings. The van der Waals surface area contributed by atoms with Gasteiger partial charge in [-0.3, -0.25) is 0 Å². The third-order valence-electron chi connectivity index (χ3n) is 7.68. The fourth-order valence-electron chi connectivity index (χ4n) is 5.56. The number of H-pyrrole nitrogens is 1. The maximum absolute atomic E-state index is 5.57. The van der Waals surface area contributed by atoms with Gasteiger partial charge in [0, 0.05) is 47.3 Å². The molecule has 0 spiro atoms. The predicted octanol–water partition coefficient (Wildman–Crippen LogP) is 6.19. The summed E-state index contributed by atoms with van der Waals surface area (Å²) in [5.74, 6) is 1.87. The van der Waals surface area contributed by atoms with E-state index in [9.17, 15) is 0 Å². The molecule has 1 aromatic heterocycles. The van der Waals surface area contributed by atoms with Gasteiger partial charge in [0.15, 0.2) is 11.5 Å². The molecule has 0 amide bonds. The van der Waals surface area contributed by atoms with E-state index in [2.05, 4.69) is 85.4 Å². The minimum absolute atomic E-state index is 0.380. The van der Waals surface area contributed by atoms with Crippen molar-refractivity contribution in [1.29, 1.82) is 0 Å². The molecule has 0 unspecified atom stereocenters. The summed E-state index contributed by atoms with van der Waals surface area (Å²) < 4.78 is 11.0. The number of rotatable bonds is 10. The minimum Gasteiger partial charge on any atom is -0.493 e. The summed E-state index contributed by atoms with van der Waals surface area (Å²) in [4.78, 5) is 8.50. The molecule has 6 heteroatoms. The Hall–Kier alpha value is -2.70. The van der Waals surface area contributed by atoms with Crippen molar-refractivity contribution in [3.05, 3.63) is 42.0 Å². The number of methoxy groups -OCH3 is 2. The number of nitrogens with one attached hydrogen (secondary N) is 2. The van der Waals surface area contributed by atoms with E-state index in [0.717, 1.165) is 35.8 Å². The van der Waals surface area contributed by atoms with E-state index in [1.807, 2.05) is 6.07 Å². The summed E-state index contributed by atoms with van der Waals surface area (Å²) in [5.41, 5.74) is 5.98. The Balaban J connectivity index is 1.51. The number of benzene rings is 2. The standard InChI is InChI=1S/C30H44N4O2/c1-20(2)29-25-19-23(31-22-9-12-24(13-10-22)34(5)17-16-33(3)4)11-14-26(25)32-30(29)21-8-15-27(35-6)28(18-21)36-7/h8,11,14-15,18-20,22,24,31-32H,9-10,12-13,16-17H2,1-7H3. The maximum atomic E-state index is 5.57. The van der Waals surface area contributed by atoms with Gasteiger partial charge >= 0.3 is 0 Å². The molecule has 2 aromatic carbocycles. The Morgan fingerprint density at radius 1 is 0.917 bits per heavy atom. The Morgan fingerprint density at radius 2 is 1.64 bits per heavy atom. The first-order valence-corrected chi connectivity index (χ1v) is 13.3. The second-order valence-corrected chi connectivity index (χ2v) is 10.8. The molecule has 196 valence electrons. The van der Waals surface area contributed by atoms with E-state index in [-0.39, 0.29) is 0 Å². The second-order valence-electron chi connectivity index (χ2n) is 10.8. The monoisotopic (exact) mass is 492 g/mol. The summed E-state index contributed by atoms with van der Waals surface area (Å²) >= 11 is 0. The number of anilines is 1. The van der Waals surface area contributed by atoms with Gasteiger partial charge in [-0.1, -0.05) is 13.8 Å². The van der Waals surface area contributed by atoms with Crippen molar-refractivity contribution >= 4 is 16.6 Å². The number of fused-ring (bicyclic) bond motifs is 1. The van der Waals surface area contributed by atoms with Crippen molar-refractivity contribution in [2.45, 2.75) is 57.5 Å². The van der Waals surface area contributed by atoms with Crippen LogP contribution in [0.2, 0.25) is 0 Å². The van der Waals surface area contributed by atoms with Crippen molar-refractivity contribution < 1.29 is 9.47 Å². The lowest BCUT2D eigenvalue weighted by molar-refractivity contribution is 0.172. The van der Waals surface area contributed by atoms with E-state index in [4.69, 9.17) is 9.47 Å². The van der Waals surface area contributed by atoms with Crippen LogP contribution in [0.4, 0.5) is 5.69 Å². The number of nitrogens with zero attached hydrogens (tertiary/aromatic N) is 2. The molecule has 3 aromatic rings. The van der Waals surface area contributed by atoms with Crippen molar-refractivity contribution in [1.82, 2.24) is 14.8 Å². The third-order valence-corrected chi connectivity index (χ3v) is 7.68. The van der Waals surface area contributed by atoms with Gasteiger partial charge in [-0.2, -0.15) is 0 Å². The van der Waals surface area contributed by atoms with E-state index < -0.39 is 0 Å². The largest absolute Gasteiger partial charge is 0.493 e. The highest BCUT2D eigenvalue weighted by molar-refractivity contribution is 5.93. The average Bonchev–Trinajstić information content (AvgIpc) is 3.26. The van der Waals surface area contributed by atoms with Gasteiger partial charge in [0.05, 0.1) is 19.9 Å². The Bertz CT molecular complexity index is 1150. The van der Waals surface area contributed by atoms with Crippen LogP contribution in [-0.2, 0) is 0 Å². The first kappa shape index (κ1) is 26.4. The Labute approximate surface area is 217 Å². The van der Waals surface area contributed by atoms with Crippen molar-refractivity contribution in [2.24, 2.45) is 0 Å². The SMILES string of the molecule is COc1ccc(-c2[nH]c3ccc(NC4CCC(N(C)CCN(C)C)CC4)cc3c2C(C)C)cc1OC. The van der Waals surface area contributed by atoms with E-state index in [1.54, 1.807) is 14.2 Å². The van der Waals surface area contributed by atoms with Crippen LogP contribution < -0.4 is 14.8 Å². The van der Waals surface area contributed by atoms with Crippen LogP contribution >= 0.6 is 0 Å². The molecule has 6 nitrogen and oxygen atoms in total. The number of likely N-dealkylation sites (N-methyl/N-ethyl adjacent to an activating group) is 2. The summed E-state index contributed by atoms with van der Waals surface area (Å²) in [6, 6.07) is 14.1. The van der Waals surface area contributed by atoms with Crippen LogP contribution in [-0.4, -0.2) is 75.3 Å². The zero-order chi connectivity index (χ0) is 25.8. The Morgan fingerprint density at radius 3 is 2.28 bits per heavy atom. The summed E-state index contributed by atoms with van der Waals surface area (Å²) in [6.07, 6.45) is 4.95. The van der Waals surface area contributed by atoms with E-state index in [1.165, 1.54) is 47.8 Å². The van der Waals surface area contributed by atoms with Crippen LogP contribution in [0.3, 0.4) is 0 Å². The second kappa shape index (κ2) is 11.6. The highest BCUT2D eigenvalue weighted by Gasteiger charge is 2.24. The van der Waals surface area contributed by atoms with Crippen molar-refractivity contribution in [3.63, 3.8) is 0 Å². The number of aromatic amines is 1. The van der Waals surface area contributed by atoms with E-state index >= 15 is 0 Å². The van der Waals surface area contributed by atoms with Crippen LogP contribution in [0, 0.1) is 0 Å². The molecular formula is C30H44N4O2. The molecule has 0 atom stereocenters. The van der Waals surface area contributed by atoms with Gasteiger partial charge in [0.2, 0.25) is 0 Å². The molecule has 36 heavy (non-hydrogen) atoms. The van der Waals surface area contributed by atoms with E-state index in [0.29, 0.717) is 18.0 Å². The van der Waals surface area contributed by atoms with Gasteiger partial charge < -0.3 is 29.6 Å². The lowest BCUT2D eigenvalue weighted by Gasteiger charge is -2.35. The van der Waals surface area contributed by atoms with Crippen LogP contribution in [0.5, 0.6) is 11.5 Å². The smallest absolute Gasteiger partial charge is 0.161 e. The normalized spacial score (nSPS) is 18.4. The Kier molecular flexibility index (Phi) is 8.47. The third kappa shape index (κ3) is 5.81. The molecule has 1 saturated carbocycles. The molecule has 0 saturated heterocycles. The first-order chi connectivity index (χ1) is 17.3. The maximum Gasteiger partial charge on any atom is 0.161 e. The van der Waals surface area contributed by atoms with Gasteiger partial charge in [0.1, 0.15) is 0 Å². The van der Waals surface area contributed by atoms with Crippen LogP contribution in [0.15, 0.2) is 36.4 Å². The molecule has 0 aliphatic heterocycles. The fourth-order valence-corrected chi connectivity index (χ4v) is 5.56. The summed E-state index contributed by atoms with van der Waals surface area (Å²) in [6.45, 7) is 6.79. The molecule has 1 heterocycles. The van der Waals surface area contributed by atoms with Gasteiger partial charge in [-0.15, -0.1) is 0 Å². The molecule has 1 aliphatic carbocycles. The number of aromatic nitrogens is 1. The molecule has 1 aliphatic rings. The number of ether oxygens (including phenoxy) is 2. The fraction of sp³-hybridized carbons (Fsp3) is 0.533. The van der Waals surface area contributed by atoms with Gasteiger partial charge in [0.25, 0.3) is 0 Å². The molecule has 0 bridgehead atoms. The molecule has 4 rings (SSSR count). The average molecular weight is 493 g/mol. The zero-order valence-electron chi connectivity index (χ0n) is 23.1. The summed E-state index contributed by atoms with van der Waals surface area (Å²) in [5, 5.41) is 5.14. The topological polar surface area (TPSA) is 52.8 Å². The lowest BCUT2D eigenvalue weighted by atomic mass is 9.90. The van der Waals surface area contributed by atoms with Gasteiger partial charge in [-0.05, 0) is 94.7 Å². The van der Waals surface area contributed by atoms with Crippen molar-refractivity contribution in [3.8, 4) is 22.8 Å². The highest BCUT2D eigenvalue weighted by Crippen LogP contribution is 2.40. The minimum atomic E-state index is 0.380. The molecule has 2 N–H and O–H groups in total. The number of hydrogen-bond donors (Lipinski definition) is 2. The molecule has 0 radical (unpaired) electrons. The zero-order valence-corrected chi connectivity index (χ0v) is 23.1. The quantitative estimate of drug-likeness (QED) is 0.353. The van der Waals surface area contributed by atoms with Crippen LogP contribution in [0.1, 0.15) is 51.0 Å². The van der Waals surface area contributed by atoms with Crippen molar-refractivity contribution in [2.75, 3.05) is 53.8 Å². The highest BCUT2D eigenvalue weighted by atomic mass is 16.5. The lowest BCUT2D eigenvalue weighted by Crippen LogP contribution is -2.41.